The maximum atomic E-state index is 11.9. The Morgan fingerprint density at radius 3 is 1.68 bits per heavy atom. The highest BCUT2D eigenvalue weighted by Gasteiger charge is 2.27. The lowest BCUT2D eigenvalue weighted by atomic mass is 9.76. The molecular weight excluding hydrogens is 584 g/mol. The van der Waals surface area contributed by atoms with E-state index in [2.05, 4.69) is 72.8 Å². The molecule has 1 aromatic carbocycles. The highest BCUT2D eigenvalue weighted by atomic mass is 16.6. The second kappa shape index (κ2) is 25.7. The molecule has 0 fully saturated rings. The van der Waals surface area contributed by atoms with Crippen LogP contribution in [-0.2, 0) is 29.9 Å². The molecule has 47 heavy (non-hydrogen) atoms. The number of carbonyl (C=O) groups is 2. The third-order valence-electron chi connectivity index (χ3n) is 9.66. The molecule has 2 atom stereocenters. The lowest BCUT2D eigenvalue weighted by Gasteiger charge is -2.30. The van der Waals surface area contributed by atoms with Crippen LogP contribution in [0.2, 0.25) is 0 Å². The van der Waals surface area contributed by atoms with Gasteiger partial charge in [-0.05, 0) is 88.2 Å². The van der Waals surface area contributed by atoms with Crippen molar-refractivity contribution in [2.45, 2.75) is 202 Å². The Hall–Kier alpha value is -2.30. The van der Waals surface area contributed by atoms with Gasteiger partial charge in [-0.15, -0.1) is 0 Å². The largest absolute Gasteiger partial charge is 0.482 e. The summed E-state index contributed by atoms with van der Waals surface area (Å²) in [4.78, 5) is 23.4. The van der Waals surface area contributed by atoms with Crippen LogP contribution in [0, 0.1) is 0 Å². The Bertz CT molecular complexity index is 993. The second-order valence-electron chi connectivity index (χ2n) is 14.5. The Morgan fingerprint density at radius 1 is 0.702 bits per heavy atom. The number of ether oxygens (including phenoxy) is 3. The van der Waals surface area contributed by atoms with Gasteiger partial charge in [-0.1, -0.05) is 131 Å². The van der Waals surface area contributed by atoms with E-state index in [4.69, 9.17) is 14.2 Å². The van der Waals surface area contributed by atoms with Gasteiger partial charge in [0.2, 0.25) is 0 Å². The van der Waals surface area contributed by atoms with Crippen LogP contribution in [0.1, 0.15) is 190 Å². The van der Waals surface area contributed by atoms with Crippen molar-refractivity contribution in [3.63, 3.8) is 0 Å². The summed E-state index contributed by atoms with van der Waals surface area (Å²) in [5.74, 6) is 0.448. The standard InChI is InChI=1S/C22H36O3.C20H38O2/c1-9-16(4)25-20(23)15-24-19-13-12-17(21(5,6)10-2)14-18(19)22(7,8)11-3;1-4-6-7-8-9-10-11-12-13-14-15-16-17-18-20(21)22-19(3)5-2/h12-14,16H,9-11,15H2,1-8H3;4,6,19H,5,7-18H2,1-3H3. The molecule has 0 amide bonds. The molecule has 0 saturated carbocycles. The summed E-state index contributed by atoms with van der Waals surface area (Å²) in [7, 11) is 0. The number of esters is 2. The van der Waals surface area contributed by atoms with Gasteiger partial charge >= 0.3 is 11.9 Å². The van der Waals surface area contributed by atoms with Crippen LogP contribution in [0.3, 0.4) is 0 Å². The zero-order valence-electron chi connectivity index (χ0n) is 32.6. The fourth-order valence-corrected chi connectivity index (χ4v) is 4.96. The second-order valence-corrected chi connectivity index (χ2v) is 14.5. The van der Waals surface area contributed by atoms with Gasteiger partial charge in [-0.3, -0.25) is 4.79 Å². The lowest BCUT2D eigenvalue weighted by molar-refractivity contribution is -0.151. The van der Waals surface area contributed by atoms with Gasteiger partial charge in [-0.25, -0.2) is 4.79 Å². The van der Waals surface area contributed by atoms with Crippen molar-refractivity contribution in [2.75, 3.05) is 6.61 Å². The minimum absolute atomic E-state index is 0.0181. The van der Waals surface area contributed by atoms with E-state index in [9.17, 15) is 9.59 Å². The quantitative estimate of drug-likeness (QED) is 0.0628. The number of benzene rings is 1. The molecule has 5 nitrogen and oxygen atoms in total. The molecule has 0 heterocycles. The summed E-state index contributed by atoms with van der Waals surface area (Å²) in [6, 6.07) is 6.38. The molecular formula is C42H74O5. The Balaban J connectivity index is 0.000000909. The monoisotopic (exact) mass is 659 g/mol. The minimum Gasteiger partial charge on any atom is -0.482 e. The number of carbonyl (C=O) groups excluding carboxylic acids is 2. The third kappa shape index (κ3) is 20.6. The van der Waals surface area contributed by atoms with E-state index in [1.165, 1.54) is 69.8 Å². The number of hydrogen-bond acceptors (Lipinski definition) is 5. The van der Waals surface area contributed by atoms with Gasteiger partial charge in [0.05, 0.1) is 12.2 Å². The van der Waals surface area contributed by atoms with Crippen LogP contribution < -0.4 is 4.74 Å². The lowest BCUT2D eigenvalue weighted by Crippen LogP contribution is -2.23. The van der Waals surface area contributed by atoms with Crippen molar-refractivity contribution in [2.24, 2.45) is 0 Å². The van der Waals surface area contributed by atoms with Crippen molar-refractivity contribution in [1.29, 1.82) is 0 Å². The molecule has 0 saturated heterocycles. The van der Waals surface area contributed by atoms with Crippen LogP contribution in [-0.4, -0.2) is 30.8 Å². The molecule has 0 radical (unpaired) electrons. The molecule has 2 unspecified atom stereocenters. The predicted octanol–water partition coefficient (Wildman–Crippen LogP) is 12.4. The first-order chi connectivity index (χ1) is 22.3. The highest BCUT2D eigenvalue weighted by Crippen LogP contribution is 2.38. The van der Waals surface area contributed by atoms with Crippen LogP contribution >= 0.6 is 0 Å². The molecule has 0 aliphatic heterocycles. The smallest absolute Gasteiger partial charge is 0.344 e. The molecule has 0 spiro atoms. The van der Waals surface area contributed by atoms with Crippen molar-refractivity contribution >= 4 is 11.9 Å². The summed E-state index contributed by atoms with van der Waals surface area (Å²) < 4.78 is 16.4. The van der Waals surface area contributed by atoms with Gasteiger partial charge in [0.15, 0.2) is 6.61 Å². The average Bonchev–Trinajstić information content (AvgIpc) is 3.05. The molecule has 0 aromatic heterocycles. The van der Waals surface area contributed by atoms with Crippen molar-refractivity contribution in [1.82, 2.24) is 0 Å². The van der Waals surface area contributed by atoms with Gasteiger partial charge in [0.1, 0.15) is 5.75 Å². The summed E-state index contributed by atoms with van der Waals surface area (Å²) >= 11 is 0. The summed E-state index contributed by atoms with van der Waals surface area (Å²) in [6.45, 7) is 23.3. The maximum absolute atomic E-state index is 11.9. The molecule has 0 N–H and O–H groups in total. The first-order valence-electron chi connectivity index (χ1n) is 19.1. The number of unbranched alkanes of at least 4 members (excludes halogenated alkanes) is 10. The van der Waals surface area contributed by atoms with E-state index in [1.807, 2.05) is 33.8 Å². The summed E-state index contributed by atoms with van der Waals surface area (Å²) in [5, 5.41) is 0. The van der Waals surface area contributed by atoms with E-state index in [1.54, 1.807) is 0 Å². The van der Waals surface area contributed by atoms with Gasteiger partial charge in [0, 0.05) is 12.0 Å². The summed E-state index contributed by atoms with van der Waals surface area (Å²) in [6.07, 6.45) is 23.0. The maximum Gasteiger partial charge on any atom is 0.344 e. The fourth-order valence-electron chi connectivity index (χ4n) is 4.96. The zero-order chi connectivity index (χ0) is 35.7. The van der Waals surface area contributed by atoms with E-state index < -0.39 is 0 Å². The molecule has 0 aliphatic carbocycles. The van der Waals surface area contributed by atoms with Crippen LogP contribution in [0.4, 0.5) is 0 Å². The minimum atomic E-state index is -0.312. The van der Waals surface area contributed by atoms with E-state index in [0.717, 1.165) is 43.4 Å². The number of allylic oxidation sites excluding steroid dienone is 2. The Labute approximate surface area is 291 Å². The van der Waals surface area contributed by atoms with Gasteiger partial charge in [0.25, 0.3) is 0 Å². The molecule has 272 valence electrons. The van der Waals surface area contributed by atoms with Gasteiger partial charge in [-0.2, -0.15) is 0 Å². The molecule has 0 bridgehead atoms. The fraction of sp³-hybridized carbons (Fsp3) is 0.762. The van der Waals surface area contributed by atoms with E-state index >= 15 is 0 Å². The molecule has 5 heteroatoms. The van der Waals surface area contributed by atoms with Crippen molar-refractivity contribution < 1.29 is 23.8 Å². The van der Waals surface area contributed by atoms with Gasteiger partial charge < -0.3 is 14.2 Å². The zero-order valence-corrected chi connectivity index (χ0v) is 32.6. The third-order valence-corrected chi connectivity index (χ3v) is 9.66. The van der Waals surface area contributed by atoms with E-state index in [-0.39, 0.29) is 41.6 Å². The average molecular weight is 659 g/mol. The first kappa shape index (κ1) is 44.7. The predicted molar refractivity (Wildman–Crippen MR) is 200 cm³/mol. The Morgan fingerprint density at radius 2 is 1.19 bits per heavy atom. The van der Waals surface area contributed by atoms with Crippen molar-refractivity contribution in [3.8, 4) is 5.75 Å². The normalized spacial score (nSPS) is 13.1. The van der Waals surface area contributed by atoms with Crippen molar-refractivity contribution in [3.05, 3.63) is 41.5 Å². The highest BCUT2D eigenvalue weighted by molar-refractivity contribution is 5.71. The van der Waals surface area contributed by atoms with E-state index in [0.29, 0.717) is 6.42 Å². The molecule has 1 rings (SSSR count). The first-order valence-corrected chi connectivity index (χ1v) is 19.1. The molecule has 0 aliphatic rings. The number of rotatable bonds is 24. The number of hydrogen-bond donors (Lipinski definition) is 0. The summed E-state index contributed by atoms with van der Waals surface area (Å²) in [5.41, 5.74) is 2.56. The Kier molecular flexibility index (Phi) is 24.4. The SMILES string of the molecule is CC=CCCCCCCCCCCCCC(=O)OC(C)CC.CCC(C)OC(=O)COc1ccc(C(C)(C)CC)cc1C(C)(C)CC. The van der Waals surface area contributed by atoms with Crippen LogP contribution in [0.5, 0.6) is 5.75 Å². The van der Waals surface area contributed by atoms with Crippen LogP contribution in [0.15, 0.2) is 30.4 Å². The topological polar surface area (TPSA) is 61.8 Å². The van der Waals surface area contributed by atoms with Crippen LogP contribution in [0.25, 0.3) is 0 Å². The molecule has 1 aromatic rings.